The molecular formula is C12H14O5. The highest BCUT2D eigenvalue weighted by molar-refractivity contribution is 5.94. The third kappa shape index (κ3) is 3.57. The fourth-order valence-electron chi connectivity index (χ4n) is 1.53. The van der Waals surface area contributed by atoms with Crippen molar-refractivity contribution >= 4 is 11.9 Å². The number of carboxylic acids is 2. The van der Waals surface area contributed by atoms with Gasteiger partial charge in [0.05, 0.1) is 11.1 Å². The third-order valence-electron chi connectivity index (χ3n) is 2.38. The van der Waals surface area contributed by atoms with Crippen molar-refractivity contribution in [1.82, 2.24) is 0 Å². The smallest absolute Gasteiger partial charge is 0.335 e. The quantitative estimate of drug-likeness (QED) is 0.736. The first kappa shape index (κ1) is 13.2. The number of hydrogen-bond acceptors (Lipinski definition) is 3. The van der Waals surface area contributed by atoms with Crippen molar-refractivity contribution in [2.24, 2.45) is 0 Å². The van der Waals surface area contributed by atoms with E-state index in [-0.39, 0.29) is 11.1 Å². The molecule has 0 amide bonds. The summed E-state index contributed by atoms with van der Waals surface area (Å²) in [5.41, 5.74) is 0.651. The van der Waals surface area contributed by atoms with E-state index in [0.717, 1.165) is 0 Å². The van der Waals surface area contributed by atoms with Gasteiger partial charge in [0.25, 0.3) is 0 Å². The lowest BCUT2D eigenvalue weighted by Gasteiger charge is -2.06. The first-order chi connectivity index (χ1) is 8.06. The maximum absolute atomic E-state index is 11.0. The van der Waals surface area contributed by atoms with Crippen LogP contribution < -0.4 is 0 Å². The normalized spacial score (nSPS) is 10.2. The predicted molar refractivity (Wildman–Crippen MR) is 60.6 cm³/mol. The number of rotatable bonds is 6. The van der Waals surface area contributed by atoms with E-state index in [1.807, 2.05) is 0 Å². The lowest BCUT2D eigenvalue weighted by atomic mass is 10.0. The van der Waals surface area contributed by atoms with Crippen LogP contribution in [-0.2, 0) is 11.2 Å². The van der Waals surface area contributed by atoms with Crippen LogP contribution in [0, 0.1) is 0 Å². The van der Waals surface area contributed by atoms with Gasteiger partial charge in [-0.05, 0) is 30.5 Å². The number of ether oxygens (including phenoxy) is 1. The average Bonchev–Trinajstić information content (AvgIpc) is 2.29. The van der Waals surface area contributed by atoms with Gasteiger partial charge in [-0.2, -0.15) is 0 Å². The van der Waals surface area contributed by atoms with Crippen LogP contribution in [0.1, 0.15) is 32.7 Å². The molecule has 0 aliphatic heterocycles. The second-order valence-corrected chi connectivity index (χ2v) is 3.58. The zero-order chi connectivity index (χ0) is 12.8. The third-order valence-corrected chi connectivity index (χ3v) is 2.38. The van der Waals surface area contributed by atoms with Gasteiger partial charge in [-0.3, -0.25) is 0 Å². The molecule has 0 spiro atoms. The van der Waals surface area contributed by atoms with Crippen molar-refractivity contribution in [3.8, 4) is 0 Å². The van der Waals surface area contributed by atoms with Crippen molar-refractivity contribution < 1.29 is 24.5 Å². The van der Waals surface area contributed by atoms with Crippen LogP contribution >= 0.6 is 0 Å². The van der Waals surface area contributed by atoms with Crippen LogP contribution in [0.2, 0.25) is 0 Å². The molecule has 0 saturated heterocycles. The Morgan fingerprint density at radius 2 is 1.94 bits per heavy atom. The minimum atomic E-state index is -1.13. The van der Waals surface area contributed by atoms with Crippen LogP contribution in [0.5, 0.6) is 0 Å². The molecule has 17 heavy (non-hydrogen) atoms. The van der Waals surface area contributed by atoms with Crippen molar-refractivity contribution in [2.45, 2.75) is 12.8 Å². The summed E-state index contributed by atoms with van der Waals surface area (Å²) < 4.78 is 4.88. The molecule has 1 aromatic carbocycles. The first-order valence-corrected chi connectivity index (χ1v) is 5.14. The Morgan fingerprint density at radius 1 is 1.24 bits per heavy atom. The number of methoxy groups -OCH3 is 1. The average molecular weight is 238 g/mol. The van der Waals surface area contributed by atoms with Gasteiger partial charge < -0.3 is 14.9 Å². The fraction of sp³-hybridized carbons (Fsp3) is 0.333. The summed E-state index contributed by atoms with van der Waals surface area (Å²) in [4.78, 5) is 21.7. The molecule has 0 atom stereocenters. The minimum Gasteiger partial charge on any atom is -0.478 e. The molecule has 2 N–H and O–H groups in total. The predicted octanol–water partition coefficient (Wildman–Crippen LogP) is 1.66. The van der Waals surface area contributed by atoms with Crippen molar-refractivity contribution in [3.63, 3.8) is 0 Å². The van der Waals surface area contributed by atoms with Crippen molar-refractivity contribution in [2.75, 3.05) is 13.7 Å². The fourth-order valence-corrected chi connectivity index (χ4v) is 1.53. The van der Waals surface area contributed by atoms with Gasteiger partial charge in [0.2, 0.25) is 0 Å². The van der Waals surface area contributed by atoms with Crippen LogP contribution in [0.3, 0.4) is 0 Å². The van der Waals surface area contributed by atoms with E-state index in [1.54, 1.807) is 13.2 Å². The summed E-state index contributed by atoms with van der Waals surface area (Å²) in [5.74, 6) is -2.24. The maximum atomic E-state index is 11.0. The number of benzene rings is 1. The summed E-state index contributed by atoms with van der Waals surface area (Å²) >= 11 is 0. The van der Waals surface area contributed by atoms with E-state index in [1.165, 1.54) is 12.1 Å². The van der Waals surface area contributed by atoms with Crippen LogP contribution in [-0.4, -0.2) is 35.9 Å². The second-order valence-electron chi connectivity index (χ2n) is 3.58. The Labute approximate surface area is 98.6 Å². The van der Waals surface area contributed by atoms with Gasteiger partial charge in [-0.25, -0.2) is 9.59 Å². The zero-order valence-corrected chi connectivity index (χ0v) is 9.47. The Morgan fingerprint density at radius 3 is 2.47 bits per heavy atom. The van der Waals surface area contributed by atoms with E-state index < -0.39 is 11.9 Å². The summed E-state index contributed by atoms with van der Waals surface area (Å²) in [6.45, 7) is 0.541. The Hall–Kier alpha value is -1.88. The molecule has 0 saturated carbocycles. The molecule has 0 radical (unpaired) electrons. The molecule has 0 heterocycles. The van der Waals surface area contributed by atoms with Crippen LogP contribution in [0.15, 0.2) is 18.2 Å². The van der Waals surface area contributed by atoms with Crippen molar-refractivity contribution in [1.29, 1.82) is 0 Å². The van der Waals surface area contributed by atoms with Gasteiger partial charge in [0.1, 0.15) is 0 Å². The Balaban J connectivity index is 2.96. The molecule has 92 valence electrons. The van der Waals surface area contributed by atoms with Gasteiger partial charge in [-0.1, -0.05) is 6.07 Å². The summed E-state index contributed by atoms with van der Waals surface area (Å²) in [5, 5.41) is 17.8. The number of aromatic carboxylic acids is 2. The number of carboxylic acid groups (broad SMARTS) is 2. The van der Waals surface area contributed by atoms with E-state index >= 15 is 0 Å². The zero-order valence-electron chi connectivity index (χ0n) is 9.47. The number of hydrogen-bond donors (Lipinski definition) is 2. The molecule has 1 aromatic rings. The number of carbonyl (C=O) groups is 2. The van der Waals surface area contributed by atoms with E-state index in [9.17, 15) is 9.59 Å². The van der Waals surface area contributed by atoms with E-state index in [2.05, 4.69) is 0 Å². The van der Waals surface area contributed by atoms with Crippen LogP contribution in [0.4, 0.5) is 0 Å². The highest BCUT2D eigenvalue weighted by atomic mass is 16.5. The molecule has 0 fully saturated rings. The molecule has 5 nitrogen and oxygen atoms in total. The molecule has 0 unspecified atom stereocenters. The Kier molecular flexibility index (Phi) is 4.66. The molecule has 0 aromatic heterocycles. The lowest BCUT2D eigenvalue weighted by molar-refractivity contribution is 0.0695. The molecule has 0 aliphatic rings. The summed E-state index contributed by atoms with van der Waals surface area (Å²) in [6, 6.07) is 4.15. The molecule has 1 rings (SSSR count). The largest absolute Gasteiger partial charge is 0.478 e. The highest BCUT2D eigenvalue weighted by Gasteiger charge is 2.13. The van der Waals surface area contributed by atoms with Crippen molar-refractivity contribution in [3.05, 3.63) is 34.9 Å². The van der Waals surface area contributed by atoms with Gasteiger partial charge in [0.15, 0.2) is 0 Å². The summed E-state index contributed by atoms with van der Waals surface area (Å²) in [6.07, 6.45) is 1.25. The molecular weight excluding hydrogens is 224 g/mol. The maximum Gasteiger partial charge on any atom is 0.335 e. The van der Waals surface area contributed by atoms with Gasteiger partial charge in [0, 0.05) is 13.7 Å². The lowest BCUT2D eigenvalue weighted by Crippen LogP contribution is -2.07. The molecule has 0 bridgehead atoms. The van der Waals surface area contributed by atoms with E-state index in [4.69, 9.17) is 14.9 Å². The summed E-state index contributed by atoms with van der Waals surface area (Å²) in [7, 11) is 1.58. The van der Waals surface area contributed by atoms with Gasteiger partial charge in [-0.15, -0.1) is 0 Å². The Bertz CT molecular complexity index is 425. The SMILES string of the molecule is COCCCc1ccc(C(=O)O)cc1C(=O)O. The standard InChI is InChI=1S/C12H14O5/c1-17-6-2-3-8-4-5-9(11(13)14)7-10(8)12(15)16/h4-5,7H,2-3,6H2,1H3,(H,13,14)(H,15,16). The van der Waals surface area contributed by atoms with Gasteiger partial charge >= 0.3 is 11.9 Å². The monoisotopic (exact) mass is 238 g/mol. The minimum absolute atomic E-state index is 0.0158. The molecule has 5 heteroatoms. The second kappa shape index (κ2) is 6.00. The number of aryl methyl sites for hydroxylation is 1. The van der Waals surface area contributed by atoms with E-state index in [0.29, 0.717) is 25.0 Å². The topological polar surface area (TPSA) is 83.8 Å². The highest BCUT2D eigenvalue weighted by Crippen LogP contribution is 2.14. The first-order valence-electron chi connectivity index (χ1n) is 5.14. The molecule has 0 aliphatic carbocycles. The van der Waals surface area contributed by atoms with Crippen LogP contribution in [0.25, 0.3) is 0 Å².